The molecule has 0 aliphatic rings. The van der Waals surface area contributed by atoms with Crippen molar-refractivity contribution in [1.82, 2.24) is 9.97 Å². The van der Waals surface area contributed by atoms with E-state index in [2.05, 4.69) is 27.5 Å². The van der Waals surface area contributed by atoms with E-state index in [4.69, 9.17) is 4.74 Å². The first-order valence-electron chi connectivity index (χ1n) is 6.48. The summed E-state index contributed by atoms with van der Waals surface area (Å²) in [5, 5.41) is 6.25. The Morgan fingerprint density at radius 1 is 1.37 bits per heavy atom. The molecule has 106 valence electrons. The minimum Gasteiger partial charge on any atom is -0.467 e. The van der Waals surface area contributed by atoms with Gasteiger partial charge in [0.2, 0.25) is 0 Å². The molecule has 6 heteroatoms. The van der Waals surface area contributed by atoms with E-state index in [1.54, 1.807) is 6.07 Å². The van der Waals surface area contributed by atoms with E-state index >= 15 is 0 Å². The average Bonchev–Trinajstić information content (AvgIpc) is 2.42. The Labute approximate surface area is 114 Å². The molecule has 0 spiro atoms. The molecular weight excluding hydrogens is 244 g/mol. The van der Waals surface area contributed by atoms with E-state index in [1.807, 2.05) is 13.8 Å². The zero-order chi connectivity index (χ0) is 14.3. The third kappa shape index (κ3) is 4.73. The van der Waals surface area contributed by atoms with E-state index in [0.717, 1.165) is 18.8 Å². The highest BCUT2D eigenvalue weighted by Crippen LogP contribution is 2.14. The Balaban J connectivity index is 2.76. The summed E-state index contributed by atoms with van der Waals surface area (Å²) in [5.41, 5.74) is 0. The van der Waals surface area contributed by atoms with Gasteiger partial charge < -0.3 is 15.4 Å². The molecule has 0 saturated heterocycles. The number of methoxy groups -OCH3 is 1. The maximum Gasteiger partial charge on any atom is 0.328 e. The Hall–Kier alpha value is -1.85. The number of carbonyl (C=O) groups excluding carboxylic acids is 1. The van der Waals surface area contributed by atoms with E-state index in [1.165, 1.54) is 13.4 Å². The van der Waals surface area contributed by atoms with Crippen LogP contribution >= 0.6 is 0 Å². The number of ether oxygens (including phenoxy) is 1. The van der Waals surface area contributed by atoms with Gasteiger partial charge in [-0.1, -0.05) is 20.8 Å². The first-order chi connectivity index (χ1) is 9.08. The van der Waals surface area contributed by atoms with Gasteiger partial charge in [-0.2, -0.15) is 0 Å². The molecule has 1 aromatic rings. The molecule has 1 aromatic heterocycles. The number of anilines is 2. The molecule has 0 amide bonds. The summed E-state index contributed by atoms with van der Waals surface area (Å²) in [5.74, 6) is 1.16. The second-order valence-corrected chi connectivity index (χ2v) is 4.60. The van der Waals surface area contributed by atoms with Crippen molar-refractivity contribution in [2.75, 3.05) is 24.3 Å². The van der Waals surface area contributed by atoms with Gasteiger partial charge in [-0.15, -0.1) is 0 Å². The van der Waals surface area contributed by atoms with Gasteiger partial charge in [-0.3, -0.25) is 0 Å². The van der Waals surface area contributed by atoms with Crippen LogP contribution < -0.4 is 10.6 Å². The molecule has 1 unspecified atom stereocenters. The van der Waals surface area contributed by atoms with Crippen LogP contribution in [0.3, 0.4) is 0 Å². The molecule has 1 rings (SSSR count). The van der Waals surface area contributed by atoms with Crippen LogP contribution in [0.5, 0.6) is 0 Å². The van der Waals surface area contributed by atoms with Gasteiger partial charge >= 0.3 is 5.97 Å². The molecule has 0 saturated carbocycles. The van der Waals surface area contributed by atoms with Crippen LogP contribution in [0.1, 0.15) is 27.2 Å². The van der Waals surface area contributed by atoms with Gasteiger partial charge in [0.15, 0.2) is 0 Å². The van der Waals surface area contributed by atoms with Crippen molar-refractivity contribution in [2.45, 2.75) is 33.2 Å². The molecule has 0 bridgehead atoms. The number of esters is 1. The third-order valence-electron chi connectivity index (χ3n) is 2.65. The summed E-state index contributed by atoms with van der Waals surface area (Å²) >= 11 is 0. The van der Waals surface area contributed by atoms with Crippen molar-refractivity contribution in [3.8, 4) is 0 Å². The van der Waals surface area contributed by atoms with Crippen LogP contribution in [0, 0.1) is 5.92 Å². The van der Waals surface area contributed by atoms with Crippen LogP contribution in [-0.2, 0) is 9.53 Å². The Kier molecular flexibility index (Phi) is 6.05. The predicted molar refractivity (Wildman–Crippen MR) is 75.1 cm³/mol. The zero-order valence-corrected chi connectivity index (χ0v) is 11.9. The second kappa shape index (κ2) is 7.56. The summed E-state index contributed by atoms with van der Waals surface area (Å²) in [6, 6.07) is 1.37. The van der Waals surface area contributed by atoms with Gasteiger partial charge in [0.25, 0.3) is 0 Å². The van der Waals surface area contributed by atoms with Crippen LogP contribution in [0.2, 0.25) is 0 Å². The lowest BCUT2D eigenvalue weighted by Crippen LogP contribution is -2.35. The number of aromatic nitrogens is 2. The standard InChI is InChI=1S/C13H22N4O2/c1-5-6-14-10-7-11(16-8-15-10)17-12(9(2)3)13(18)19-4/h7-9,12H,5-6H2,1-4H3,(H2,14,15,16,17). The van der Waals surface area contributed by atoms with Gasteiger partial charge in [0.1, 0.15) is 24.0 Å². The van der Waals surface area contributed by atoms with E-state index in [0.29, 0.717) is 5.82 Å². The smallest absolute Gasteiger partial charge is 0.328 e. The Morgan fingerprint density at radius 3 is 2.63 bits per heavy atom. The lowest BCUT2D eigenvalue weighted by atomic mass is 10.0. The normalized spacial score (nSPS) is 12.1. The average molecular weight is 266 g/mol. The highest BCUT2D eigenvalue weighted by Gasteiger charge is 2.23. The molecule has 0 aromatic carbocycles. The maximum absolute atomic E-state index is 11.7. The maximum atomic E-state index is 11.7. The molecule has 1 atom stereocenters. The molecule has 2 N–H and O–H groups in total. The van der Waals surface area contributed by atoms with E-state index < -0.39 is 6.04 Å². The first-order valence-corrected chi connectivity index (χ1v) is 6.48. The van der Waals surface area contributed by atoms with Crippen LogP contribution in [0.4, 0.5) is 11.6 Å². The molecule has 1 heterocycles. The van der Waals surface area contributed by atoms with Crippen molar-refractivity contribution in [3.05, 3.63) is 12.4 Å². The fourth-order valence-corrected chi connectivity index (χ4v) is 1.57. The Morgan fingerprint density at radius 2 is 2.05 bits per heavy atom. The quantitative estimate of drug-likeness (QED) is 0.734. The van der Waals surface area contributed by atoms with Crippen LogP contribution in [0.15, 0.2) is 12.4 Å². The summed E-state index contributed by atoms with van der Waals surface area (Å²) in [6.45, 7) is 6.83. The Bertz CT molecular complexity index is 409. The van der Waals surface area contributed by atoms with Gasteiger partial charge in [-0.25, -0.2) is 14.8 Å². The van der Waals surface area contributed by atoms with Gasteiger partial charge in [0.05, 0.1) is 7.11 Å². The second-order valence-electron chi connectivity index (χ2n) is 4.60. The molecule has 0 aliphatic heterocycles. The number of hydrogen-bond donors (Lipinski definition) is 2. The van der Waals surface area contributed by atoms with E-state index in [-0.39, 0.29) is 11.9 Å². The molecule has 0 radical (unpaired) electrons. The summed E-state index contributed by atoms with van der Waals surface area (Å²) < 4.78 is 4.78. The predicted octanol–water partition coefficient (Wildman–Crippen LogP) is 1.91. The number of hydrogen-bond acceptors (Lipinski definition) is 6. The summed E-state index contributed by atoms with van der Waals surface area (Å²) in [4.78, 5) is 19.9. The zero-order valence-electron chi connectivity index (χ0n) is 11.9. The fourth-order valence-electron chi connectivity index (χ4n) is 1.57. The van der Waals surface area contributed by atoms with Gasteiger partial charge in [0, 0.05) is 12.6 Å². The third-order valence-corrected chi connectivity index (χ3v) is 2.65. The molecule has 0 aliphatic carbocycles. The van der Waals surface area contributed by atoms with Crippen molar-refractivity contribution in [1.29, 1.82) is 0 Å². The summed E-state index contributed by atoms with van der Waals surface area (Å²) in [6.07, 6.45) is 2.48. The van der Waals surface area contributed by atoms with Crippen molar-refractivity contribution < 1.29 is 9.53 Å². The van der Waals surface area contributed by atoms with Crippen molar-refractivity contribution in [2.24, 2.45) is 5.92 Å². The molecular formula is C13H22N4O2. The van der Waals surface area contributed by atoms with Crippen molar-refractivity contribution in [3.63, 3.8) is 0 Å². The van der Waals surface area contributed by atoms with Crippen LogP contribution in [-0.4, -0.2) is 35.6 Å². The summed E-state index contributed by atoms with van der Waals surface area (Å²) in [7, 11) is 1.38. The molecule has 19 heavy (non-hydrogen) atoms. The van der Waals surface area contributed by atoms with E-state index in [9.17, 15) is 4.79 Å². The lowest BCUT2D eigenvalue weighted by molar-refractivity contribution is -0.142. The minimum atomic E-state index is -0.418. The minimum absolute atomic E-state index is 0.106. The highest BCUT2D eigenvalue weighted by atomic mass is 16.5. The molecule has 6 nitrogen and oxygen atoms in total. The molecule has 0 fully saturated rings. The monoisotopic (exact) mass is 266 g/mol. The number of rotatable bonds is 7. The largest absolute Gasteiger partial charge is 0.467 e. The first kappa shape index (κ1) is 15.2. The van der Waals surface area contributed by atoms with Crippen molar-refractivity contribution >= 4 is 17.6 Å². The topological polar surface area (TPSA) is 76.1 Å². The lowest BCUT2D eigenvalue weighted by Gasteiger charge is -2.20. The fraction of sp³-hybridized carbons (Fsp3) is 0.615. The number of carbonyl (C=O) groups is 1. The van der Waals surface area contributed by atoms with Crippen LogP contribution in [0.25, 0.3) is 0 Å². The van der Waals surface area contributed by atoms with Gasteiger partial charge in [-0.05, 0) is 12.3 Å². The SMILES string of the molecule is CCCNc1cc(NC(C(=O)OC)C(C)C)ncn1. The number of nitrogens with one attached hydrogen (secondary N) is 2. The number of nitrogens with zero attached hydrogens (tertiary/aromatic N) is 2. The highest BCUT2D eigenvalue weighted by molar-refractivity contribution is 5.79.